The Bertz CT molecular complexity index is 687. The first-order valence-corrected chi connectivity index (χ1v) is 6.45. The maximum absolute atomic E-state index is 12.4. The predicted octanol–water partition coefficient (Wildman–Crippen LogP) is 3.80. The van der Waals surface area contributed by atoms with Crippen LogP contribution in [-0.2, 0) is 0 Å². The first-order chi connectivity index (χ1) is 9.52. The number of benzene rings is 2. The van der Waals surface area contributed by atoms with Crippen LogP contribution < -0.4 is 4.90 Å². The minimum absolute atomic E-state index is 0.181. The molecule has 0 N–H and O–H groups in total. The molecule has 0 radical (unpaired) electrons. The van der Waals surface area contributed by atoms with Crippen molar-refractivity contribution in [3.63, 3.8) is 0 Å². The fraction of sp³-hybridized carbons (Fsp3) is 0.125. The van der Waals surface area contributed by atoms with Crippen LogP contribution in [-0.4, -0.2) is 13.0 Å². The number of anilines is 1. The van der Waals surface area contributed by atoms with Crippen molar-refractivity contribution in [1.82, 2.24) is 0 Å². The summed E-state index contributed by atoms with van der Waals surface area (Å²) in [5.41, 5.74) is 2.74. The lowest BCUT2D eigenvalue weighted by Gasteiger charge is -2.18. The van der Waals surface area contributed by atoms with Crippen LogP contribution >= 0.6 is 11.6 Å². The molecule has 2 aromatic carbocycles. The molecule has 100 valence electrons. The standard InChI is InChI=1S/C16H13ClN2O/c1-11-3-8-14(15(17)9-11)16(20)19(2)13-6-4-12(10-18)5-7-13/h3-9H,1-2H3. The summed E-state index contributed by atoms with van der Waals surface area (Å²) in [7, 11) is 1.68. The van der Waals surface area contributed by atoms with Gasteiger partial charge in [0.05, 0.1) is 22.2 Å². The van der Waals surface area contributed by atoms with Gasteiger partial charge in [0.2, 0.25) is 0 Å². The van der Waals surface area contributed by atoms with Gasteiger partial charge in [0.25, 0.3) is 5.91 Å². The summed E-state index contributed by atoms with van der Waals surface area (Å²) in [4.78, 5) is 13.9. The number of aryl methyl sites for hydroxylation is 1. The highest BCUT2D eigenvalue weighted by Gasteiger charge is 2.16. The molecule has 0 saturated carbocycles. The zero-order chi connectivity index (χ0) is 14.7. The molecule has 2 rings (SSSR count). The van der Waals surface area contributed by atoms with Gasteiger partial charge in [-0.1, -0.05) is 17.7 Å². The van der Waals surface area contributed by atoms with E-state index in [2.05, 4.69) is 0 Å². The van der Waals surface area contributed by atoms with Crippen molar-refractivity contribution >= 4 is 23.2 Å². The second-order valence-corrected chi connectivity index (χ2v) is 4.91. The zero-order valence-electron chi connectivity index (χ0n) is 11.2. The summed E-state index contributed by atoms with van der Waals surface area (Å²) >= 11 is 6.11. The van der Waals surface area contributed by atoms with Crippen LogP contribution in [0.5, 0.6) is 0 Å². The first-order valence-electron chi connectivity index (χ1n) is 6.07. The Morgan fingerprint density at radius 1 is 1.20 bits per heavy atom. The van der Waals surface area contributed by atoms with Crippen LogP contribution in [0.15, 0.2) is 42.5 Å². The van der Waals surface area contributed by atoms with E-state index < -0.39 is 0 Å². The first kappa shape index (κ1) is 14.1. The molecule has 4 heteroatoms. The van der Waals surface area contributed by atoms with Crippen molar-refractivity contribution in [2.75, 3.05) is 11.9 Å². The maximum Gasteiger partial charge on any atom is 0.259 e. The average Bonchev–Trinajstić information content (AvgIpc) is 2.46. The molecule has 0 saturated heterocycles. The van der Waals surface area contributed by atoms with Gasteiger partial charge >= 0.3 is 0 Å². The lowest BCUT2D eigenvalue weighted by atomic mass is 10.1. The third-order valence-electron chi connectivity index (χ3n) is 3.04. The number of nitriles is 1. The van der Waals surface area contributed by atoms with E-state index in [1.165, 1.54) is 4.90 Å². The Balaban J connectivity index is 2.30. The second kappa shape index (κ2) is 5.77. The van der Waals surface area contributed by atoms with Crippen LogP contribution in [0, 0.1) is 18.3 Å². The topological polar surface area (TPSA) is 44.1 Å². The van der Waals surface area contributed by atoms with Crippen LogP contribution in [0.4, 0.5) is 5.69 Å². The van der Waals surface area contributed by atoms with Gasteiger partial charge in [-0.05, 0) is 48.9 Å². The Kier molecular flexibility index (Phi) is 4.07. The number of carbonyl (C=O) groups is 1. The van der Waals surface area contributed by atoms with Crippen LogP contribution in [0.25, 0.3) is 0 Å². The van der Waals surface area contributed by atoms with E-state index in [1.54, 1.807) is 43.4 Å². The van der Waals surface area contributed by atoms with Crippen molar-refractivity contribution in [2.24, 2.45) is 0 Å². The van der Waals surface area contributed by atoms with Crippen LogP contribution in [0.1, 0.15) is 21.5 Å². The summed E-state index contributed by atoms with van der Waals surface area (Å²) < 4.78 is 0. The average molecular weight is 285 g/mol. The molecule has 0 aliphatic heterocycles. The van der Waals surface area contributed by atoms with E-state index >= 15 is 0 Å². The molecule has 0 aromatic heterocycles. The van der Waals surface area contributed by atoms with Crippen molar-refractivity contribution in [3.05, 3.63) is 64.2 Å². The lowest BCUT2D eigenvalue weighted by molar-refractivity contribution is 0.0993. The third-order valence-corrected chi connectivity index (χ3v) is 3.36. The molecular weight excluding hydrogens is 272 g/mol. The lowest BCUT2D eigenvalue weighted by Crippen LogP contribution is -2.26. The van der Waals surface area contributed by atoms with Gasteiger partial charge in [0, 0.05) is 12.7 Å². The summed E-state index contributed by atoms with van der Waals surface area (Å²) in [6.45, 7) is 1.92. The number of rotatable bonds is 2. The van der Waals surface area contributed by atoms with Gasteiger partial charge in [0.15, 0.2) is 0 Å². The normalized spacial score (nSPS) is 9.90. The van der Waals surface area contributed by atoms with Crippen molar-refractivity contribution in [1.29, 1.82) is 5.26 Å². The van der Waals surface area contributed by atoms with E-state index in [0.717, 1.165) is 5.56 Å². The molecule has 0 unspecified atom stereocenters. The number of amides is 1. The summed E-state index contributed by atoms with van der Waals surface area (Å²) in [5.74, 6) is -0.181. The van der Waals surface area contributed by atoms with Crippen LogP contribution in [0.3, 0.4) is 0 Å². The Hall–Kier alpha value is -2.31. The quantitative estimate of drug-likeness (QED) is 0.842. The van der Waals surface area contributed by atoms with Gasteiger partial charge in [-0.3, -0.25) is 4.79 Å². The van der Waals surface area contributed by atoms with E-state index in [-0.39, 0.29) is 5.91 Å². The van der Waals surface area contributed by atoms with Crippen molar-refractivity contribution in [3.8, 4) is 6.07 Å². The fourth-order valence-electron chi connectivity index (χ4n) is 1.85. The summed E-state index contributed by atoms with van der Waals surface area (Å²) in [5, 5.41) is 9.21. The number of carbonyl (C=O) groups excluding carboxylic acids is 1. The van der Waals surface area contributed by atoms with E-state index in [1.807, 2.05) is 19.1 Å². The fourth-order valence-corrected chi connectivity index (χ4v) is 2.17. The smallest absolute Gasteiger partial charge is 0.259 e. The molecule has 2 aromatic rings. The highest BCUT2D eigenvalue weighted by Crippen LogP contribution is 2.22. The second-order valence-electron chi connectivity index (χ2n) is 4.51. The van der Waals surface area contributed by atoms with E-state index in [0.29, 0.717) is 21.8 Å². The van der Waals surface area contributed by atoms with Gasteiger partial charge < -0.3 is 4.90 Å². The zero-order valence-corrected chi connectivity index (χ0v) is 12.0. The molecule has 0 spiro atoms. The van der Waals surface area contributed by atoms with Gasteiger partial charge in [-0.15, -0.1) is 0 Å². The van der Waals surface area contributed by atoms with Crippen molar-refractivity contribution in [2.45, 2.75) is 6.92 Å². The Labute approximate surface area is 123 Å². The molecule has 0 aliphatic carbocycles. The molecule has 1 amide bonds. The molecule has 0 fully saturated rings. The predicted molar refractivity (Wildman–Crippen MR) is 80.1 cm³/mol. The van der Waals surface area contributed by atoms with Crippen molar-refractivity contribution < 1.29 is 4.79 Å². The van der Waals surface area contributed by atoms with Crippen LogP contribution in [0.2, 0.25) is 5.02 Å². The molecule has 0 bridgehead atoms. The molecule has 3 nitrogen and oxygen atoms in total. The number of hydrogen-bond donors (Lipinski definition) is 0. The number of nitrogens with zero attached hydrogens (tertiary/aromatic N) is 2. The Morgan fingerprint density at radius 2 is 1.85 bits per heavy atom. The summed E-state index contributed by atoms with van der Waals surface area (Å²) in [6, 6.07) is 14.2. The molecule has 0 aliphatic rings. The largest absolute Gasteiger partial charge is 0.311 e. The molecular formula is C16H13ClN2O. The third kappa shape index (κ3) is 2.81. The van der Waals surface area contributed by atoms with Gasteiger partial charge in [-0.2, -0.15) is 5.26 Å². The highest BCUT2D eigenvalue weighted by atomic mass is 35.5. The number of hydrogen-bond acceptors (Lipinski definition) is 2. The SMILES string of the molecule is Cc1ccc(C(=O)N(C)c2ccc(C#N)cc2)c(Cl)c1. The van der Waals surface area contributed by atoms with Gasteiger partial charge in [-0.25, -0.2) is 0 Å². The minimum atomic E-state index is -0.181. The molecule has 0 heterocycles. The number of halogens is 1. The monoisotopic (exact) mass is 284 g/mol. The maximum atomic E-state index is 12.4. The van der Waals surface area contributed by atoms with E-state index in [9.17, 15) is 4.79 Å². The summed E-state index contributed by atoms with van der Waals surface area (Å²) in [6.07, 6.45) is 0. The minimum Gasteiger partial charge on any atom is -0.311 e. The molecule has 20 heavy (non-hydrogen) atoms. The molecule has 0 atom stereocenters. The Morgan fingerprint density at radius 3 is 2.40 bits per heavy atom. The van der Waals surface area contributed by atoms with Gasteiger partial charge in [0.1, 0.15) is 0 Å². The van der Waals surface area contributed by atoms with E-state index in [4.69, 9.17) is 16.9 Å². The highest BCUT2D eigenvalue weighted by molar-refractivity contribution is 6.34.